The molecule has 0 radical (unpaired) electrons. The maximum absolute atomic E-state index is 13.3. The number of hydrogen-bond acceptors (Lipinski definition) is 3. The lowest BCUT2D eigenvalue weighted by Crippen LogP contribution is -2.16. The summed E-state index contributed by atoms with van der Waals surface area (Å²) in [5, 5.41) is 8.28. The Kier molecular flexibility index (Phi) is 2.40. The van der Waals surface area contributed by atoms with Gasteiger partial charge in [0.15, 0.2) is 5.82 Å². The molecule has 0 atom stereocenters. The van der Waals surface area contributed by atoms with Gasteiger partial charge >= 0.3 is 0 Å². The monoisotopic (exact) mass is 232 g/mol. The average Bonchev–Trinajstić information content (AvgIpc) is 2.73. The highest BCUT2D eigenvalue weighted by molar-refractivity contribution is 5.62. The highest BCUT2D eigenvalue weighted by atomic mass is 19.1. The quantitative estimate of drug-likeness (QED) is 0.844. The Morgan fingerprint density at radius 2 is 2.24 bits per heavy atom. The summed E-state index contributed by atoms with van der Waals surface area (Å²) in [6.45, 7) is 1.39. The van der Waals surface area contributed by atoms with Crippen molar-refractivity contribution < 1.29 is 4.39 Å². The van der Waals surface area contributed by atoms with E-state index in [-0.39, 0.29) is 5.82 Å². The lowest BCUT2D eigenvalue weighted by atomic mass is 10.0. The Morgan fingerprint density at radius 3 is 3.06 bits per heavy atom. The minimum atomic E-state index is -0.236. The molecule has 1 aliphatic rings. The molecule has 2 aromatic rings. The van der Waals surface area contributed by atoms with Gasteiger partial charge in [0.05, 0.1) is 0 Å². The lowest BCUT2D eigenvalue weighted by molar-refractivity contribution is 0.616. The third-order valence-electron chi connectivity index (χ3n) is 3.11. The second kappa shape index (κ2) is 3.92. The lowest BCUT2D eigenvalue weighted by Gasteiger charge is -2.18. The van der Waals surface area contributed by atoms with Gasteiger partial charge in [0.25, 0.3) is 0 Å². The molecule has 0 fully saturated rings. The summed E-state index contributed by atoms with van der Waals surface area (Å²) in [6, 6.07) is 4.85. The number of aryl methyl sites for hydroxylation is 1. The van der Waals surface area contributed by atoms with E-state index in [1.165, 1.54) is 12.1 Å². The van der Waals surface area contributed by atoms with Crippen LogP contribution >= 0.6 is 0 Å². The summed E-state index contributed by atoms with van der Waals surface area (Å²) in [6.07, 6.45) is 1.59. The van der Waals surface area contributed by atoms with Crippen molar-refractivity contribution in [3.8, 4) is 11.4 Å². The smallest absolute Gasteiger partial charge is 0.164 e. The minimum absolute atomic E-state index is 0.236. The van der Waals surface area contributed by atoms with Crippen molar-refractivity contribution in [2.45, 2.75) is 19.4 Å². The normalized spacial score (nSPS) is 13.3. The van der Waals surface area contributed by atoms with Gasteiger partial charge in [-0.15, -0.1) is 10.2 Å². The third kappa shape index (κ3) is 1.63. The Hall–Kier alpha value is -1.75. The van der Waals surface area contributed by atoms with E-state index in [1.807, 2.05) is 10.6 Å². The van der Waals surface area contributed by atoms with Crippen molar-refractivity contribution >= 4 is 0 Å². The van der Waals surface area contributed by atoms with E-state index in [0.717, 1.165) is 35.7 Å². The molecule has 2 N–H and O–H groups in total. The second-order valence-corrected chi connectivity index (χ2v) is 4.18. The van der Waals surface area contributed by atoms with Gasteiger partial charge in [-0.2, -0.15) is 0 Å². The van der Waals surface area contributed by atoms with Crippen molar-refractivity contribution in [3.05, 3.63) is 35.4 Å². The van der Waals surface area contributed by atoms with E-state index in [2.05, 4.69) is 10.2 Å². The van der Waals surface area contributed by atoms with Crippen LogP contribution < -0.4 is 5.73 Å². The first-order valence-corrected chi connectivity index (χ1v) is 5.70. The Labute approximate surface area is 98.3 Å². The first-order chi connectivity index (χ1) is 8.29. The Morgan fingerprint density at radius 1 is 1.35 bits per heavy atom. The van der Waals surface area contributed by atoms with Gasteiger partial charge in [0, 0.05) is 18.5 Å². The average molecular weight is 232 g/mol. The molecule has 3 rings (SSSR count). The molecular weight excluding hydrogens is 219 g/mol. The van der Waals surface area contributed by atoms with Crippen molar-refractivity contribution in [2.75, 3.05) is 6.54 Å². The van der Waals surface area contributed by atoms with Crippen LogP contribution in [0.25, 0.3) is 11.4 Å². The summed E-state index contributed by atoms with van der Waals surface area (Å²) >= 11 is 0. The fourth-order valence-electron chi connectivity index (χ4n) is 2.29. The summed E-state index contributed by atoms with van der Waals surface area (Å²) in [4.78, 5) is 0. The number of rotatable bonds is 2. The number of nitrogens with two attached hydrogens (primary N) is 1. The van der Waals surface area contributed by atoms with Crippen LogP contribution in [-0.2, 0) is 19.4 Å². The van der Waals surface area contributed by atoms with Gasteiger partial charge in [-0.3, -0.25) is 0 Å². The maximum atomic E-state index is 13.3. The second-order valence-electron chi connectivity index (χ2n) is 4.18. The Balaban J connectivity index is 2.13. The summed E-state index contributed by atoms with van der Waals surface area (Å²) in [5.41, 5.74) is 7.51. The molecule has 0 aliphatic carbocycles. The molecule has 1 aromatic heterocycles. The van der Waals surface area contributed by atoms with E-state index < -0.39 is 0 Å². The highest BCUT2D eigenvalue weighted by Gasteiger charge is 2.21. The van der Waals surface area contributed by atoms with E-state index in [9.17, 15) is 4.39 Å². The molecule has 0 saturated carbocycles. The molecule has 0 saturated heterocycles. The molecule has 88 valence electrons. The van der Waals surface area contributed by atoms with Gasteiger partial charge < -0.3 is 10.3 Å². The molecule has 1 aromatic carbocycles. The predicted molar refractivity (Wildman–Crippen MR) is 61.9 cm³/mol. The number of halogens is 1. The van der Waals surface area contributed by atoms with Crippen LogP contribution in [0.5, 0.6) is 0 Å². The third-order valence-corrected chi connectivity index (χ3v) is 3.11. The Bertz CT molecular complexity index is 562. The number of fused-ring (bicyclic) bond motifs is 3. The number of aromatic nitrogens is 3. The predicted octanol–water partition coefficient (Wildman–Crippen LogP) is 1.14. The maximum Gasteiger partial charge on any atom is 0.164 e. The van der Waals surface area contributed by atoms with Crippen LogP contribution in [0, 0.1) is 5.82 Å². The van der Waals surface area contributed by atoms with Crippen molar-refractivity contribution in [1.82, 2.24) is 14.8 Å². The fourth-order valence-corrected chi connectivity index (χ4v) is 2.29. The van der Waals surface area contributed by atoms with Crippen molar-refractivity contribution in [3.63, 3.8) is 0 Å². The summed E-state index contributed by atoms with van der Waals surface area (Å²) in [7, 11) is 0. The van der Waals surface area contributed by atoms with Crippen LogP contribution in [0.15, 0.2) is 18.2 Å². The minimum Gasteiger partial charge on any atom is -0.330 e. The molecule has 0 unspecified atom stereocenters. The molecule has 5 heteroatoms. The molecular formula is C12H13FN4. The zero-order chi connectivity index (χ0) is 11.8. The standard InChI is InChI=1S/C12H13FN4/c13-9-2-1-8-4-6-17-11(3-5-14)15-16-12(17)10(8)7-9/h1-2,7H,3-6,14H2. The van der Waals surface area contributed by atoms with Gasteiger partial charge in [-0.05, 0) is 30.7 Å². The van der Waals surface area contributed by atoms with E-state index in [0.29, 0.717) is 13.0 Å². The number of hydrogen-bond donors (Lipinski definition) is 1. The van der Waals surface area contributed by atoms with Crippen LogP contribution in [0.2, 0.25) is 0 Å². The van der Waals surface area contributed by atoms with Gasteiger partial charge in [-0.25, -0.2) is 4.39 Å². The molecule has 1 aliphatic heterocycles. The van der Waals surface area contributed by atoms with Gasteiger partial charge in [0.1, 0.15) is 11.6 Å². The molecule has 4 nitrogen and oxygen atoms in total. The molecule has 0 amide bonds. The molecule has 0 bridgehead atoms. The zero-order valence-corrected chi connectivity index (χ0v) is 9.36. The van der Waals surface area contributed by atoms with Crippen LogP contribution in [0.1, 0.15) is 11.4 Å². The van der Waals surface area contributed by atoms with Crippen molar-refractivity contribution in [1.29, 1.82) is 0 Å². The fraction of sp³-hybridized carbons (Fsp3) is 0.333. The van der Waals surface area contributed by atoms with Crippen LogP contribution in [0.3, 0.4) is 0 Å². The van der Waals surface area contributed by atoms with E-state index >= 15 is 0 Å². The SMILES string of the molecule is NCCc1nnc2n1CCc1ccc(F)cc1-2. The summed E-state index contributed by atoms with van der Waals surface area (Å²) < 4.78 is 15.3. The van der Waals surface area contributed by atoms with Crippen LogP contribution in [0.4, 0.5) is 4.39 Å². The molecule has 0 spiro atoms. The van der Waals surface area contributed by atoms with Crippen LogP contribution in [-0.4, -0.2) is 21.3 Å². The first-order valence-electron chi connectivity index (χ1n) is 5.70. The van der Waals surface area contributed by atoms with E-state index in [4.69, 9.17) is 5.73 Å². The van der Waals surface area contributed by atoms with Crippen molar-refractivity contribution in [2.24, 2.45) is 5.73 Å². The summed E-state index contributed by atoms with van der Waals surface area (Å²) in [5.74, 6) is 1.41. The zero-order valence-electron chi connectivity index (χ0n) is 9.36. The topological polar surface area (TPSA) is 56.7 Å². The van der Waals surface area contributed by atoms with Gasteiger partial charge in [-0.1, -0.05) is 6.07 Å². The largest absolute Gasteiger partial charge is 0.330 e. The van der Waals surface area contributed by atoms with Gasteiger partial charge in [0.2, 0.25) is 0 Å². The highest BCUT2D eigenvalue weighted by Crippen LogP contribution is 2.29. The molecule has 17 heavy (non-hydrogen) atoms. The number of nitrogens with zero attached hydrogens (tertiary/aromatic N) is 3. The first kappa shape index (κ1) is 10.4. The number of benzene rings is 1. The molecule has 2 heterocycles. The van der Waals surface area contributed by atoms with E-state index in [1.54, 1.807) is 0 Å².